The number of nitrogens with one attached hydrogen (secondary N) is 1. The van der Waals surface area contributed by atoms with Gasteiger partial charge in [0.15, 0.2) is 0 Å². The fraction of sp³-hybridized carbons (Fsp3) is 0.333. The van der Waals surface area contributed by atoms with Gasteiger partial charge in [0.05, 0.1) is 12.6 Å². The Morgan fingerprint density at radius 2 is 2.10 bits per heavy atom. The molecule has 1 aromatic rings. The van der Waals surface area contributed by atoms with Crippen molar-refractivity contribution in [3.05, 3.63) is 46.1 Å². The lowest BCUT2D eigenvalue weighted by Crippen LogP contribution is -2.46. The summed E-state index contributed by atoms with van der Waals surface area (Å²) in [5, 5.41) is 3.37. The highest BCUT2D eigenvalue weighted by Gasteiger charge is 2.34. The van der Waals surface area contributed by atoms with Gasteiger partial charge < -0.3 is 10.1 Å². The van der Waals surface area contributed by atoms with Gasteiger partial charge in [-0.1, -0.05) is 29.8 Å². The van der Waals surface area contributed by atoms with Crippen LogP contribution in [-0.2, 0) is 9.53 Å². The molecule has 1 N–H and O–H groups in total. The van der Waals surface area contributed by atoms with Gasteiger partial charge in [-0.25, -0.2) is 9.59 Å². The van der Waals surface area contributed by atoms with E-state index in [1.807, 2.05) is 18.2 Å². The van der Waals surface area contributed by atoms with Gasteiger partial charge in [-0.2, -0.15) is 0 Å². The van der Waals surface area contributed by atoms with Crippen LogP contribution in [0.25, 0.3) is 0 Å². The van der Waals surface area contributed by atoms with E-state index in [4.69, 9.17) is 16.3 Å². The standard InChI is InChI=1S/C15H17ClN2O3/c1-4-21-14(19)13-9(2)12(17-15(20)18(13)3)10-7-5-6-8-11(10)16/h5-8,12H,4H2,1-3H3,(H,17,20)/t12-/m1/s1. The van der Waals surface area contributed by atoms with Crippen LogP contribution in [0, 0.1) is 0 Å². The molecule has 112 valence electrons. The van der Waals surface area contributed by atoms with E-state index in [2.05, 4.69) is 5.32 Å². The molecule has 1 aliphatic rings. The second-order valence-corrected chi connectivity index (χ2v) is 5.12. The maximum atomic E-state index is 12.1. The van der Waals surface area contributed by atoms with Crippen LogP contribution in [0.15, 0.2) is 35.5 Å². The van der Waals surface area contributed by atoms with E-state index in [1.54, 1.807) is 19.9 Å². The first-order valence-corrected chi connectivity index (χ1v) is 7.01. The number of amides is 2. The van der Waals surface area contributed by atoms with Crippen molar-refractivity contribution in [1.82, 2.24) is 10.2 Å². The Morgan fingerprint density at radius 1 is 1.43 bits per heavy atom. The summed E-state index contributed by atoms with van der Waals surface area (Å²) in [5.41, 5.74) is 1.70. The Balaban J connectivity index is 2.50. The highest BCUT2D eigenvalue weighted by atomic mass is 35.5. The molecule has 0 radical (unpaired) electrons. The van der Waals surface area contributed by atoms with Crippen LogP contribution in [-0.4, -0.2) is 30.6 Å². The summed E-state index contributed by atoms with van der Waals surface area (Å²) in [6.07, 6.45) is 0. The maximum absolute atomic E-state index is 12.1. The predicted molar refractivity (Wildman–Crippen MR) is 79.8 cm³/mol. The first-order chi connectivity index (χ1) is 9.97. The molecule has 0 bridgehead atoms. The number of carbonyl (C=O) groups is 2. The van der Waals surface area contributed by atoms with E-state index >= 15 is 0 Å². The fourth-order valence-electron chi connectivity index (χ4n) is 2.35. The van der Waals surface area contributed by atoms with Crippen LogP contribution >= 0.6 is 11.6 Å². The topological polar surface area (TPSA) is 58.6 Å². The number of nitrogens with zero attached hydrogens (tertiary/aromatic N) is 1. The molecule has 2 rings (SSSR count). The van der Waals surface area contributed by atoms with Crippen molar-refractivity contribution in [2.75, 3.05) is 13.7 Å². The van der Waals surface area contributed by atoms with Gasteiger partial charge >= 0.3 is 12.0 Å². The SMILES string of the molecule is CCOC(=O)C1=C(C)[C@H](c2ccccc2Cl)NC(=O)N1C. The van der Waals surface area contributed by atoms with E-state index in [9.17, 15) is 9.59 Å². The van der Waals surface area contributed by atoms with Crippen molar-refractivity contribution >= 4 is 23.6 Å². The number of benzene rings is 1. The van der Waals surface area contributed by atoms with E-state index in [-0.39, 0.29) is 18.3 Å². The molecule has 0 unspecified atom stereocenters. The highest BCUT2D eigenvalue weighted by molar-refractivity contribution is 6.31. The smallest absolute Gasteiger partial charge is 0.355 e. The van der Waals surface area contributed by atoms with Gasteiger partial charge in [0, 0.05) is 12.1 Å². The number of halogens is 1. The third-order valence-electron chi connectivity index (χ3n) is 3.40. The molecule has 0 aliphatic carbocycles. The summed E-state index contributed by atoms with van der Waals surface area (Å²) in [4.78, 5) is 25.4. The molecule has 0 fully saturated rings. The molecule has 1 aliphatic heterocycles. The minimum atomic E-state index is -0.510. The molecular formula is C15H17ClN2O3. The third kappa shape index (κ3) is 2.88. The minimum absolute atomic E-state index is 0.252. The number of carbonyl (C=O) groups excluding carboxylic acids is 2. The Kier molecular flexibility index (Phi) is 4.53. The molecule has 0 saturated carbocycles. The van der Waals surface area contributed by atoms with Crippen LogP contribution in [0.2, 0.25) is 5.02 Å². The lowest BCUT2D eigenvalue weighted by Gasteiger charge is -2.33. The van der Waals surface area contributed by atoms with Crippen molar-refractivity contribution in [1.29, 1.82) is 0 Å². The minimum Gasteiger partial charge on any atom is -0.461 e. The Labute approximate surface area is 128 Å². The molecule has 0 spiro atoms. The van der Waals surface area contributed by atoms with Crippen LogP contribution in [0.5, 0.6) is 0 Å². The van der Waals surface area contributed by atoms with Crippen LogP contribution in [0.3, 0.4) is 0 Å². The van der Waals surface area contributed by atoms with Crippen molar-refractivity contribution < 1.29 is 14.3 Å². The van der Waals surface area contributed by atoms with E-state index in [1.165, 1.54) is 11.9 Å². The molecule has 1 aromatic carbocycles. The van der Waals surface area contributed by atoms with Crippen molar-refractivity contribution in [3.8, 4) is 0 Å². The number of hydrogen-bond donors (Lipinski definition) is 1. The largest absolute Gasteiger partial charge is 0.461 e. The summed E-state index contributed by atoms with van der Waals surface area (Å²) in [6.45, 7) is 3.76. The van der Waals surface area contributed by atoms with Gasteiger partial charge in [-0.05, 0) is 31.1 Å². The number of rotatable bonds is 3. The third-order valence-corrected chi connectivity index (χ3v) is 3.74. The molecule has 1 heterocycles. The highest BCUT2D eigenvalue weighted by Crippen LogP contribution is 2.33. The quantitative estimate of drug-likeness (QED) is 0.874. The zero-order valence-corrected chi connectivity index (χ0v) is 12.9. The summed E-state index contributed by atoms with van der Waals surface area (Å²) in [5.74, 6) is -0.510. The molecule has 5 nitrogen and oxygen atoms in total. The van der Waals surface area contributed by atoms with Crippen molar-refractivity contribution in [2.24, 2.45) is 0 Å². The number of esters is 1. The van der Waals surface area contributed by atoms with E-state index in [0.29, 0.717) is 10.6 Å². The zero-order chi connectivity index (χ0) is 15.6. The molecule has 21 heavy (non-hydrogen) atoms. The molecule has 2 amide bonds. The number of likely N-dealkylation sites (N-methyl/N-ethyl adjacent to an activating group) is 1. The van der Waals surface area contributed by atoms with Gasteiger partial charge in [0.1, 0.15) is 5.70 Å². The van der Waals surface area contributed by atoms with Gasteiger partial charge in [-0.15, -0.1) is 0 Å². The van der Waals surface area contributed by atoms with Crippen LogP contribution in [0.4, 0.5) is 4.79 Å². The monoisotopic (exact) mass is 308 g/mol. The van der Waals surface area contributed by atoms with E-state index < -0.39 is 12.0 Å². The van der Waals surface area contributed by atoms with Crippen LogP contribution < -0.4 is 5.32 Å². The zero-order valence-electron chi connectivity index (χ0n) is 12.1. The fourth-order valence-corrected chi connectivity index (χ4v) is 2.59. The summed E-state index contributed by atoms with van der Waals surface area (Å²) < 4.78 is 5.03. The Bertz CT molecular complexity index is 613. The first-order valence-electron chi connectivity index (χ1n) is 6.63. The van der Waals surface area contributed by atoms with Crippen LogP contribution in [0.1, 0.15) is 25.5 Å². The normalized spacial score (nSPS) is 18.6. The van der Waals surface area contributed by atoms with Crippen molar-refractivity contribution in [2.45, 2.75) is 19.9 Å². The maximum Gasteiger partial charge on any atom is 0.355 e. The first kappa shape index (κ1) is 15.4. The molecule has 0 aromatic heterocycles. The Morgan fingerprint density at radius 3 is 2.71 bits per heavy atom. The lowest BCUT2D eigenvalue weighted by atomic mass is 9.96. The average molecular weight is 309 g/mol. The Hall–Kier alpha value is -2.01. The van der Waals surface area contributed by atoms with E-state index in [0.717, 1.165) is 5.56 Å². The summed E-state index contributed by atoms with van der Waals surface area (Å²) in [7, 11) is 1.54. The number of urea groups is 1. The number of hydrogen-bond acceptors (Lipinski definition) is 3. The second kappa shape index (κ2) is 6.18. The predicted octanol–water partition coefficient (Wildman–Crippen LogP) is 2.87. The van der Waals surface area contributed by atoms with Gasteiger partial charge in [0.2, 0.25) is 0 Å². The van der Waals surface area contributed by atoms with Gasteiger partial charge in [-0.3, -0.25) is 4.90 Å². The average Bonchev–Trinajstić information content (AvgIpc) is 2.44. The summed E-state index contributed by atoms with van der Waals surface area (Å²) >= 11 is 6.19. The van der Waals surface area contributed by atoms with Crippen molar-refractivity contribution in [3.63, 3.8) is 0 Å². The number of ether oxygens (including phenoxy) is 1. The molecule has 6 heteroatoms. The molecule has 1 atom stereocenters. The second-order valence-electron chi connectivity index (χ2n) is 4.72. The van der Waals surface area contributed by atoms with Gasteiger partial charge in [0.25, 0.3) is 0 Å². The summed E-state index contributed by atoms with van der Waals surface area (Å²) in [6, 6.07) is 6.41. The lowest BCUT2D eigenvalue weighted by molar-refractivity contribution is -0.140. The molecule has 0 saturated heterocycles. The molecular weight excluding hydrogens is 292 g/mol.